The zero-order valence-electron chi connectivity index (χ0n) is 19.0. The molecule has 0 spiro atoms. The van der Waals surface area contributed by atoms with Crippen LogP contribution in [-0.2, 0) is 9.59 Å². The summed E-state index contributed by atoms with van der Waals surface area (Å²) in [6.45, 7) is 3.58. The van der Waals surface area contributed by atoms with Crippen LogP contribution < -0.4 is 5.32 Å². The lowest BCUT2D eigenvalue weighted by molar-refractivity contribution is -0.128. The van der Waals surface area contributed by atoms with Gasteiger partial charge in [0.2, 0.25) is 11.8 Å². The Balaban J connectivity index is 1.31. The van der Waals surface area contributed by atoms with Crippen molar-refractivity contribution in [2.75, 3.05) is 19.6 Å². The van der Waals surface area contributed by atoms with Gasteiger partial charge < -0.3 is 20.2 Å². The fourth-order valence-electron chi connectivity index (χ4n) is 6.05. The highest BCUT2D eigenvalue weighted by Gasteiger charge is 2.43. The Labute approximate surface area is 193 Å². The number of carbonyl (C=O) groups excluding carboxylic acids is 3. The lowest BCUT2D eigenvalue weighted by atomic mass is 9.78. The lowest BCUT2D eigenvalue weighted by Crippen LogP contribution is -2.52. The van der Waals surface area contributed by atoms with Gasteiger partial charge in [-0.15, -0.1) is 0 Å². The van der Waals surface area contributed by atoms with Gasteiger partial charge >= 0.3 is 0 Å². The van der Waals surface area contributed by atoms with Crippen molar-refractivity contribution in [1.29, 1.82) is 0 Å². The van der Waals surface area contributed by atoms with Crippen LogP contribution in [0.2, 0.25) is 0 Å². The van der Waals surface area contributed by atoms with Crippen LogP contribution in [0.4, 0.5) is 0 Å². The molecule has 7 heteroatoms. The maximum Gasteiger partial charge on any atom is 0.258 e. The molecule has 5 rings (SSSR count). The third-order valence-electron chi connectivity index (χ3n) is 7.82. The number of phenols is 1. The van der Waals surface area contributed by atoms with E-state index < -0.39 is 6.04 Å². The molecule has 7 nitrogen and oxygen atoms in total. The molecule has 3 amide bonds. The molecule has 2 aromatic rings. The Kier molecular flexibility index (Phi) is 5.72. The molecule has 33 heavy (non-hydrogen) atoms. The smallest absolute Gasteiger partial charge is 0.258 e. The second kappa shape index (κ2) is 8.69. The molecule has 0 aromatic heterocycles. The van der Waals surface area contributed by atoms with Crippen LogP contribution in [0.5, 0.6) is 5.75 Å². The first-order valence-electron chi connectivity index (χ1n) is 12.0. The molecule has 3 aliphatic rings. The highest BCUT2D eigenvalue weighted by molar-refractivity contribution is 6.05. The SMILES string of the molecule is CC(=O)N1CC2CCCC(NC(=O)C3CCCN3C(=O)c3ccc4ccccc4c3O)C2C1. The molecular formula is C26H31N3O4. The van der Waals surface area contributed by atoms with Gasteiger partial charge in [-0.2, -0.15) is 0 Å². The Morgan fingerprint density at radius 2 is 1.82 bits per heavy atom. The van der Waals surface area contributed by atoms with E-state index >= 15 is 0 Å². The number of likely N-dealkylation sites (tertiary alicyclic amines) is 2. The average molecular weight is 450 g/mol. The first kappa shape index (κ1) is 21.7. The monoisotopic (exact) mass is 449 g/mol. The molecule has 1 aliphatic carbocycles. The van der Waals surface area contributed by atoms with E-state index in [0.29, 0.717) is 30.8 Å². The summed E-state index contributed by atoms with van der Waals surface area (Å²) in [6, 6.07) is 10.4. The van der Waals surface area contributed by atoms with Crippen LogP contribution in [0.1, 0.15) is 49.4 Å². The number of amides is 3. The van der Waals surface area contributed by atoms with E-state index in [4.69, 9.17) is 0 Å². The lowest BCUT2D eigenvalue weighted by Gasteiger charge is -2.35. The molecule has 4 atom stereocenters. The summed E-state index contributed by atoms with van der Waals surface area (Å²) in [6.07, 6.45) is 4.41. The van der Waals surface area contributed by atoms with Crippen molar-refractivity contribution in [3.8, 4) is 5.75 Å². The first-order valence-corrected chi connectivity index (χ1v) is 12.0. The van der Waals surface area contributed by atoms with Crippen molar-refractivity contribution in [2.24, 2.45) is 11.8 Å². The van der Waals surface area contributed by atoms with Crippen molar-refractivity contribution in [3.05, 3.63) is 42.0 Å². The topological polar surface area (TPSA) is 90.0 Å². The largest absolute Gasteiger partial charge is 0.506 e. The van der Waals surface area contributed by atoms with Crippen LogP contribution in [0.15, 0.2) is 36.4 Å². The number of carbonyl (C=O) groups is 3. The van der Waals surface area contributed by atoms with Crippen molar-refractivity contribution in [3.63, 3.8) is 0 Å². The van der Waals surface area contributed by atoms with Crippen LogP contribution in [0.3, 0.4) is 0 Å². The molecule has 2 N–H and O–H groups in total. The highest BCUT2D eigenvalue weighted by atomic mass is 16.3. The number of fused-ring (bicyclic) bond motifs is 2. The zero-order valence-corrected chi connectivity index (χ0v) is 19.0. The van der Waals surface area contributed by atoms with Crippen LogP contribution in [-0.4, -0.2) is 64.3 Å². The standard InChI is InChI=1S/C26H31N3O4/c1-16(30)28-14-18-7-4-9-22(21(18)15-28)27-25(32)23-10-5-13-29(23)26(33)20-12-11-17-6-2-3-8-19(17)24(20)31/h2-3,6,8,11-12,18,21-23,31H,4-5,7,9-10,13-15H2,1H3,(H,27,32). The van der Waals surface area contributed by atoms with E-state index in [1.165, 1.54) is 0 Å². The van der Waals surface area contributed by atoms with Crippen LogP contribution in [0.25, 0.3) is 10.8 Å². The fourth-order valence-corrected chi connectivity index (χ4v) is 6.05. The van der Waals surface area contributed by atoms with Gasteiger partial charge in [0.1, 0.15) is 11.8 Å². The molecule has 0 bridgehead atoms. The minimum absolute atomic E-state index is 0.0328. The third-order valence-corrected chi connectivity index (χ3v) is 7.82. The normalized spacial score (nSPS) is 26.9. The Morgan fingerprint density at radius 3 is 2.64 bits per heavy atom. The average Bonchev–Trinajstić information content (AvgIpc) is 3.47. The van der Waals surface area contributed by atoms with Gasteiger partial charge in [0.15, 0.2) is 0 Å². The molecule has 4 unspecified atom stereocenters. The minimum Gasteiger partial charge on any atom is -0.506 e. The predicted molar refractivity (Wildman–Crippen MR) is 125 cm³/mol. The molecule has 3 fully saturated rings. The van der Waals surface area contributed by atoms with E-state index in [-0.39, 0.29) is 41.0 Å². The molecule has 2 heterocycles. The first-order chi connectivity index (χ1) is 15.9. The third kappa shape index (κ3) is 3.94. The molecule has 0 radical (unpaired) electrons. The number of aromatic hydroxyl groups is 1. The molecular weight excluding hydrogens is 418 g/mol. The van der Waals surface area contributed by atoms with Crippen molar-refractivity contribution in [1.82, 2.24) is 15.1 Å². The Hall–Kier alpha value is -3.09. The van der Waals surface area contributed by atoms with Gasteiger partial charge in [-0.25, -0.2) is 0 Å². The summed E-state index contributed by atoms with van der Waals surface area (Å²) < 4.78 is 0. The summed E-state index contributed by atoms with van der Waals surface area (Å²) in [5, 5.41) is 15.5. The van der Waals surface area contributed by atoms with E-state index in [1.807, 2.05) is 29.2 Å². The molecule has 174 valence electrons. The summed E-state index contributed by atoms with van der Waals surface area (Å²) in [7, 11) is 0. The van der Waals surface area contributed by atoms with E-state index in [1.54, 1.807) is 24.0 Å². The second-order valence-corrected chi connectivity index (χ2v) is 9.73. The van der Waals surface area contributed by atoms with Crippen molar-refractivity contribution >= 4 is 28.5 Å². The molecule has 1 saturated carbocycles. The van der Waals surface area contributed by atoms with Gasteiger partial charge in [-0.3, -0.25) is 14.4 Å². The fraction of sp³-hybridized carbons (Fsp3) is 0.500. The summed E-state index contributed by atoms with van der Waals surface area (Å²) in [4.78, 5) is 42.0. The number of rotatable bonds is 3. The van der Waals surface area contributed by atoms with Gasteiger partial charge in [-0.05, 0) is 43.1 Å². The summed E-state index contributed by atoms with van der Waals surface area (Å²) in [5.41, 5.74) is 0.235. The van der Waals surface area contributed by atoms with Crippen molar-refractivity contribution < 1.29 is 19.5 Å². The Bertz CT molecular complexity index is 1100. The Morgan fingerprint density at radius 1 is 1.00 bits per heavy atom. The van der Waals surface area contributed by atoms with Crippen LogP contribution in [0, 0.1) is 11.8 Å². The minimum atomic E-state index is -0.533. The van der Waals surface area contributed by atoms with Crippen molar-refractivity contribution in [2.45, 2.75) is 51.1 Å². The number of phenolic OH excluding ortho intramolecular Hbond substituents is 1. The van der Waals surface area contributed by atoms with E-state index in [9.17, 15) is 19.5 Å². The number of hydrogen-bond donors (Lipinski definition) is 2. The maximum atomic E-state index is 13.4. The molecule has 2 saturated heterocycles. The highest BCUT2D eigenvalue weighted by Crippen LogP contribution is 2.37. The summed E-state index contributed by atoms with van der Waals surface area (Å²) in [5.74, 6) is 0.353. The van der Waals surface area contributed by atoms with Gasteiger partial charge in [0.05, 0.1) is 5.56 Å². The van der Waals surface area contributed by atoms with Crippen LogP contribution >= 0.6 is 0 Å². The van der Waals surface area contributed by atoms with Gasteiger partial charge in [0.25, 0.3) is 5.91 Å². The zero-order chi connectivity index (χ0) is 23.1. The molecule has 2 aliphatic heterocycles. The van der Waals surface area contributed by atoms with Gasteiger partial charge in [0, 0.05) is 43.9 Å². The number of hydrogen-bond acceptors (Lipinski definition) is 4. The molecule has 2 aromatic carbocycles. The van der Waals surface area contributed by atoms with E-state index in [2.05, 4.69) is 5.32 Å². The summed E-state index contributed by atoms with van der Waals surface area (Å²) >= 11 is 0. The quantitative estimate of drug-likeness (QED) is 0.754. The number of nitrogens with zero attached hydrogens (tertiary/aromatic N) is 2. The number of nitrogens with one attached hydrogen (secondary N) is 1. The predicted octanol–water partition coefficient (Wildman–Crippen LogP) is 2.91. The second-order valence-electron chi connectivity index (χ2n) is 9.73. The number of benzene rings is 2. The van der Waals surface area contributed by atoms with Gasteiger partial charge in [-0.1, -0.05) is 36.8 Å². The van der Waals surface area contributed by atoms with E-state index in [0.717, 1.165) is 37.6 Å². The maximum absolute atomic E-state index is 13.4.